The van der Waals surface area contributed by atoms with Crippen LogP contribution in [0.1, 0.15) is 20.7 Å². The molecule has 0 unspecified atom stereocenters. The molecule has 2 aromatic carbocycles. The van der Waals surface area contributed by atoms with E-state index < -0.39 is 29.1 Å². The number of non-ortho nitro benzene ring substituents is 1. The SMILES string of the molecule is COc1ccc(C(=O)COC(=O)c2ccc([N+](=O)[O-])cc2Cl)cc1F. The van der Waals surface area contributed by atoms with Gasteiger partial charge in [0.25, 0.3) is 5.69 Å². The molecule has 7 nitrogen and oxygen atoms in total. The molecule has 9 heteroatoms. The van der Waals surface area contributed by atoms with Crippen molar-refractivity contribution in [1.29, 1.82) is 0 Å². The van der Waals surface area contributed by atoms with Crippen molar-refractivity contribution in [3.63, 3.8) is 0 Å². The number of Topliss-reactive ketones (excluding diaryl/α,β-unsaturated/α-hetero) is 1. The van der Waals surface area contributed by atoms with Crippen molar-refractivity contribution in [2.24, 2.45) is 0 Å². The van der Waals surface area contributed by atoms with E-state index in [9.17, 15) is 24.1 Å². The highest BCUT2D eigenvalue weighted by molar-refractivity contribution is 6.33. The van der Waals surface area contributed by atoms with Crippen molar-refractivity contribution in [1.82, 2.24) is 0 Å². The molecule has 0 aromatic heterocycles. The Balaban J connectivity index is 2.05. The van der Waals surface area contributed by atoms with Gasteiger partial charge in [-0.25, -0.2) is 9.18 Å². The molecule has 0 heterocycles. The van der Waals surface area contributed by atoms with E-state index in [0.717, 1.165) is 24.3 Å². The number of nitro groups is 1. The zero-order valence-electron chi connectivity index (χ0n) is 12.8. The number of hydrogen-bond donors (Lipinski definition) is 0. The Morgan fingerprint density at radius 3 is 2.52 bits per heavy atom. The number of nitrogens with zero attached hydrogens (tertiary/aromatic N) is 1. The molecule has 0 aliphatic carbocycles. The first-order valence-corrected chi connectivity index (χ1v) is 7.19. The van der Waals surface area contributed by atoms with Crippen LogP contribution in [-0.2, 0) is 4.74 Å². The minimum Gasteiger partial charge on any atom is -0.494 e. The first-order valence-electron chi connectivity index (χ1n) is 6.81. The third-order valence-electron chi connectivity index (χ3n) is 3.19. The van der Waals surface area contributed by atoms with Crippen molar-refractivity contribution in [2.75, 3.05) is 13.7 Å². The average molecular weight is 368 g/mol. The molecule has 0 aliphatic rings. The first kappa shape index (κ1) is 18.3. The van der Waals surface area contributed by atoms with Gasteiger partial charge in [0.15, 0.2) is 24.0 Å². The molecule has 2 rings (SSSR count). The van der Waals surface area contributed by atoms with Crippen LogP contribution < -0.4 is 4.74 Å². The molecule has 25 heavy (non-hydrogen) atoms. The lowest BCUT2D eigenvalue weighted by Crippen LogP contribution is -2.15. The number of methoxy groups -OCH3 is 1. The van der Waals surface area contributed by atoms with Crippen molar-refractivity contribution in [3.05, 3.63) is 68.5 Å². The third kappa shape index (κ3) is 4.30. The smallest absolute Gasteiger partial charge is 0.340 e. The zero-order valence-corrected chi connectivity index (χ0v) is 13.6. The summed E-state index contributed by atoms with van der Waals surface area (Å²) in [5.74, 6) is -2.31. The first-order chi connectivity index (χ1) is 11.8. The van der Waals surface area contributed by atoms with Crippen LogP contribution in [0.5, 0.6) is 5.75 Å². The summed E-state index contributed by atoms with van der Waals surface area (Å²) in [4.78, 5) is 33.8. The van der Waals surface area contributed by atoms with Gasteiger partial charge in [-0.1, -0.05) is 11.6 Å². The highest BCUT2D eigenvalue weighted by atomic mass is 35.5. The van der Waals surface area contributed by atoms with Crippen LogP contribution in [0.25, 0.3) is 0 Å². The molecular weight excluding hydrogens is 357 g/mol. The number of ether oxygens (including phenoxy) is 2. The Morgan fingerprint density at radius 2 is 1.96 bits per heavy atom. The highest BCUT2D eigenvalue weighted by Gasteiger charge is 2.18. The summed E-state index contributed by atoms with van der Waals surface area (Å²) in [5.41, 5.74) is -0.409. The molecule has 0 amide bonds. The van der Waals surface area contributed by atoms with Gasteiger partial charge in [-0.15, -0.1) is 0 Å². The number of halogens is 2. The molecular formula is C16H11ClFNO6. The van der Waals surface area contributed by atoms with Crippen molar-refractivity contribution >= 4 is 29.0 Å². The number of benzene rings is 2. The maximum Gasteiger partial charge on any atom is 0.340 e. The van der Waals surface area contributed by atoms with Crippen LogP contribution in [0.2, 0.25) is 5.02 Å². The van der Waals surface area contributed by atoms with Gasteiger partial charge in [-0.05, 0) is 24.3 Å². The van der Waals surface area contributed by atoms with Crippen LogP contribution in [0, 0.1) is 15.9 Å². The molecule has 0 saturated heterocycles. The molecule has 0 saturated carbocycles. The van der Waals surface area contributed by atoms with Crippen molar-refractivity contribution < 1.29 is 28.4 Å². The molecule has 130 valence electrons. The fourth-order valence-electron chi connectivity index (χ4n) is 1.92. The number of nitro benzene ring substituents is 1. The van der Waals surface area contributed by atoms with Gasteiger partial charge in [0.05, 0.1) is 22.6 Å². The second-order valence-corrected chi connectivity index (χ2v) is 5.18. The maximum absolute atomic E-state index is 13.6. The van der Waals surface area contributed by atoms with Crippen molar-refractivity contribution in [3.8, 4) is 5.75 Å². The molecule has 0 fully saturated rings. The van der Waals surface area contributed by atoms with Crippen LogP contribution in [-0.4, -0.2) is 30.4 Å². The number of rotatable bonds is 6. The summed E-state index contributed by atoms with van der Waals surface area (Å²) in [6.07, 6.45) is 0. The Hall–Kier alpha value is -3.00. The number of ketones is 1. The summed E-state index contributed by atoms with van der Waals surface area (Å²) < 4.78 is 23.1. The van der Waals surface area contributed by atoms with E-state index in [1.807, 2.05) is 0 Å². The van der Waals surface area contributed by atoms with E-state index in [2.05, 4.69) is 0 Å². The number of carbonyl (C=O) groups excluding carboxylic acids is 2. The third-order valence-corrected chi connectivity index (χ3v) is 3.50. The van der Waals surface area contributed by atoms with Gasteiger partial charge in [0.2, 0.25) is 0 Å². The number of carbonyl (C=O) groups is 2. The van der Waals surface area contributed by atoms with E-state index in [4.69, 9.17) is 21.1 Å². The van der Waals surface area contributed by atoms with Gasteiger partial charge >= 0.3 is 5.97 Å². The molecule has 0 N–H and O–H groups in total. The second kappa shape index (κ2) is 7.71. The summed E-state index contributed by atoms with van der Waals surface area (Å²) in [7, 11) is 1.29. The van der Waals surface area contributed by atoms with E-state index >= 15 is 0 Å². The molecule has 0 aliphatic heterocycles. The fourth-order valence-corrected chi connectivity index (χ4v) is 2.17. The predicted molar refractivity (Wildman–Crippen MR) is 85.7 cm³/mol. The Morgan fingerprint density at radius 1 is 1.24 bits per heavy atom. The predicted octanol–water partition coefficient (Wildman–Crippen LogP) is 3.44. The lowest BCUT2D eigenvalue weighted by Gasteiger charge is -2.07. The van der Waals surface area contributed by atoms with E-state index in [1.165, 1.54) is 19.2 Å². The second-order valence-electron chi connectivity index (χ2n) is 4.77. The summed E-state index contributed by atoms with van der Waals surface area (Å²) >= 11 is 5.80. The Kier molecular flexibility index (Phi) is 5.66. The quantitative estimate of drug-likeness (QED) is 0.336. The minimum atomic E-state index is -0.928. The van der Waals surface area contributed by atoms with E-state index in [0.29, 0.717) is 0 Å². The summed E-state index contributed by atoms with van der Waals surface area (Å²) in [6, 6.07) is 6.78. The van der Waals surface area contributed by atoms with Gasteiger partial charge in [-0.2, -0.15) is 0 Å². The standard InChI is InChI=1S/C16H11ClFNO6/c1-24-15-5-2-9(6-13(15)18)14(20)8-25-16(21)11-4-3-10(19(22)23)7-12(11)17/h2-7H,8H2,1H3. The van der Waals surface area contributed by atoms with Crippen molar-refractivity contribution in [2.45, 2.75) is 0 Å². The average Bonchev–Trinajstić information content (AvgIpc) is 2.59. The van der Waals surface area contributed by atoms with Crippen LogP contribution in [0.3, 0.4) is 0 Å². The van der Waals surface area contributed by atoms with Crippen LogP contribution >= 0.6 is 11.6 Å². The maximum atomic E-state index is 13.6. The summed E-state index contributed by atoms with van der Waals surface area (Å²) in [6.45, 7) is -0.641. The number of esters is 1. The molecule has 0 radical (unpaired) electrons. The largest absolute Gasteiger partial charge is 0.494 e. The topological polar surface area (TPSA) is 95.7 Å². The monoisotopic (exact) mass is 367 g/mol. The lowest BCUT2D eigenvalue weighted by molar-refractivity contribution is -0.384. The van der Waals surface area contributed by atoms with Gasteiger partial charge in [-0.3, -0.25) is 14.9 Å². The number of hydrogen-bond acceptors (Lipinski definition) is 6. The Bertz CT molecular complexity index is 855. The van der Waals surface area contributed by atoms with E-state index in [1.54, 1.807) is 0 Å². The van der Waals surface area contributed by atoms with E-state index in [-0.39, 0.29) is 27.6 Å². The minimum absolute atomic E-state index is 0.000830. The fraction of sp³-hybridized carbons (Fsp3) is 0.125. The molecule has 0 spiro atoms. The van der Waals surface area contributed by atoms with Gasteiger partial charge in [0, 0.05) is 17.7 Å². The van der Waals surface area contributed by atoms with Crippen LogP contribution in [0.15, 0.2) is 36.4 Å². The highest BCUT2D eigenvalue weighted by Crippen LogP contribution is 2.23. The summed E-state index contributed by atoms with van der Waals surface area (Å²) in [5, 5.41) is 10.4. The molecule has 0 atom stereocenters. The van der Waals surface area contributed by atoms with Gasteiger partial charge < -0.3 is 9.47 Å². The van der Waals surface area contributed by atoms with Gasteiger partial charge in [0.1, 0.15) is 0 Å². The molecule has 2 aromatic rings. The van der Waals surface area contributed by atoms with Crippen LogP contribution in [0.4, 0.5) is 10.1 Å². The zero-order chi connectivity index (χ0) is 18.6. The normalized spacial score (nSPS) is 10.2. The Labute approximate surface area is 146 Å². The lowest BCUT2D eigenvalue weighted by atomic mass is 10.1. The molecule has 0 bridgehead atoms.